The zero-order valence-corrected chi connectivity index (χ0v) is 18.8. The fourth-order valence-corrected chi connectivity index (χ4v) is 2.04. The van der Waals surface area contributed by atoms with Crippen LogP contribution in [-0.2, 0) is 33.3 Å². The van der Waals surface area contributed by atoms with Crippen LogP contribution in [0.5, 0.6) is 0 Å². The minimum Gasteiger partial charge on any atom is -0.459 e. The molecule has 1 atom stereocenters. The first-order valence-corrected chi connectivity index (χ1v) is 10.3. The Morgan fingerprint density at radius 3 is 2.00 bits per heavy atom. The van der Waals surface area contributed by atoms with Crippen LogP contribution < -0.4 is 11.1 Å². The molecule has 0 aliphatic heterocycles. The number of rotatable bonds is 19. The summed E-state index contributed by atoms with van der Waals surface area (Å²) in [5, 5.41) is 6.05. The fourth-order valence-electron chi connectivity index (χ4n) is 2.04. The third kappa shape index (κ3) is 21.1. The molecule has 180 valence electrons. The molecule has 0 unspecified atom stereocenters. The summed E-state index contributed by atoms with van der Waals surface area (Å²) in [7, 11) is 0. The number of hydrogen-bond donors (Lipinski definition) is 2. The lowest BCUT2D eigenvalue weighted by Crippen LogP contribution is -2.38. The monoisotopic (exact) mass is 447 g/mol. The summed E-state index contributed by atoms with van der Waals surface area (Å²) in [5.41, 5.74) is 13.2. The molecular formula is C19H37N5O7. The van der Waals surface area contributed by atoms with Crippen LogP contribution in [0.15, 0.2) is 5.11 Å². The number of nitrogens with zero attached hydrogens (tertiary/aromatic N) is 3. The molecule has 0 spiro atoms. The molecule has 0 rings (SSSR count). The van der Waals surface area contributed by atoms with Crippen molar-refractivity contribution in [3.05, 3.63) is 10.4 Å². The molecule has 0 saturated heterocycles. The summed E-state index contributed by atoms with van der Waals surface area (Å²) in [5.74, 6) is -0.706. The van der Waals surface area contributed by atoms with Crippen molar-refractivity contribution in [3.8, 4) is 0 Å². The van der Waals surface area contributed by atoms with Gasteiger partial charge in [-0.2, -0.15) is 0 Å². The second-order valence-corrected chi connectivity index (χ2v) is 7.43. The summed E-state index contributed by atoms with van der Waals surface area (Å²) in [6.45, 7) is 9.29. The van der Waals surface area contributed by atoms with Crippen molar-refractivity contribution in [2.45, 2.75) is 45.3 Å². The third-order valence-corrected chi connectivity index (χ3v) is 3.48. The van der Waals surface area contributed by atoms with Crippen LogP contribution in [0.3, 0.4) is 0 Å². The lowest BCUT2D eigenvalue weighted by molar-refractivity contribution is -0.156. The molecule has 0 bridgehead atoms. The van der Waals surface area contributed by atoms with Gasteiger partial charge in [-0.3, -0.25) is 9.59 Å². The van der Waals surface area contributed by atoms with Gasteiger partial charge in [0.05, 0.1) is 52.9 Å². The molecule has 12 heteroatoms. The van der Waals surface area contributed by atoms with E-state index in [-0.39, 0.29) is 18.7 Å². The van der Waals surface area contributed by atoms with Crippen molar-refractivity contribution in [3.63, 3.8) is 0 Å². The van der Waals surface area contributed by atoms with Gasteiger partial charge < -0.3 is 34.7 Å². The normalized spacial score (nSPS) is 12.1. The number of esters is 1. The second-order valence-electron chi connectivity index (χ2n) is 7.43. The van der Waals surface area contributed by atoms with Crippen LogP contribution in [0.1, 0.15) is 33.6 Å². The molecule has 3 N–H and O–H groups in total. The van der Waals surface area contributed by atoms with Gasteiger partial charge in [0.25, 0.3) is 0 Å². The summed E-state index contributed by atoms with van der Waals surface area (Å²) in [6, 6.07) is -0.820. The zero-order valence-electron chi connectivity index (χ0n) is 18.8. The van der Waals surface area contributed by atoms with Crippen molar-refractivity contribution in [1.29, 1.82) is 0 Å². The van der Waals surface area contributed by atoms with Crippen LogP contribution in [-0.4, -0.2) is 89.5 Å². The van der Waals surface area contributed by atoms with Crippen LogP contribution in [0.2, 0.25) is 0 Å². The highest BCUT2D eigenvalue weighted by Gasteiger charge is 2.22. The Bertz CT molecular complexity index is 536. The Morgan fingerprint density at radius 1 is 0.968 bits per heavy atom. The predicted molar refractivity (Wildman–Crippen MR) is 113 cm³/mol. The molecule has 0 aliphatic carbocycles. The molecule has 0 aromatic rings. The predicted octanol–water partition coefficient (Wildman–Crippen LogP) is 0.929. The van der Waals surface area contributed by atoms with Gasteiger partial charge in [0, 0.05) is 24.4 Å². The summed E-state index contributed by atoms with van der Waals surface area (Å²) < 4.78 is 26.4. The highest BCUT2D eigenvalue weighted by atomic mass is 16.6. The molecule has 1 amide bonds. The lowest BCUT2D eigenvalue weighted by atomic mass is 10.1. The Balaban J connectivity index is 3.40. The quantitative estimate of drug-likeness (QED) is 0.0969. The first kappa shape index (κ1) is 29.1. The van der Waals surface area contributed by atoms with Crippen LogP contribution in [0.25, 0.3) is 10.4 Å². The Labute approximate surface area is 183 Å². The first-order valence-electron chi connectivity index (χ1n) is 10.3. The van der Waals surface area contributed by atoms with Gasteiger partial charge in [-0.25, -0.2) is 0 Å². The second kappa shape index (κ2) is 18.8. The molecule has 0 aromatic heterocycles. The number of carbonyl (C=O) groups excluding carboxylic acids is 2. The van der Waals surface area contributed by atoms with Gasteiger partial charge in [0.15, 0.2) is 0 Å². The number of amides is 1. The highest BCUT2D eigenvalue weighted by molar-refractivity contribution is 5.79. The molecule has 0 heterocycles. The first-order chi connectivity index (χ1) is 14.8. The van der Waals surface area contributed by atoms with Crippen molar-refractivity contribution in [2.75, 3.05) is 65.9 Å². The fraction of sp³-hybridized carbons (Fsp3) is 0.895. The third-order valence-electron chi connectivity index (χ3n) is 3.48. The van der Waals surface area contributed by atoms with E-state index in [1.165, 1.54) is 0 Å². The average Bonchev–Trinajstić information content (AvgIpc) is 2.70. The number of ether oxygens (including phenoxy) is 5. The van der Waals surface area contributed by atoms with Gasteiger partial charge in [-0.05, 0) is 32.7 Å². The number of azide groups is 1. The van der Waals surface area contributed by atoms with Gasteiger partial charge >= 0.3 is 5.97 Å². The van der Waals surface area contributed by atoms with Crippen molar-refractivity contribution in [1.82, 2.24) is 5.32 Å². The van der Waals surface area contributed by atoms with E-state index in [4.69, 9.17) is 34.9 Å². The van der Waals surface area contributed by atoms with E-state index in [1.54, 1.807) is 20.8 Å². The maximum absolute atomic E-state index is 11.8. The Kier molecular flexibility index (Phi) is 17.6. The molecule has 0 fully saturated rings. The molecule has 0 aromatic carbocycles. The SMILES string of the molecule is CC(C)(C)OC(=O)[C@H](N)CCC(=O)NCCOCCOCCOCCOCCN=[N+]=[N-]. The Hall–Kier alpha value is -1.95. The van der Waals surface area contributed by atoms with Crippen LogP contribution >= 0.6 is 0 Å². The summed E-state index contributed by atoms with van der Waals surface area (Å²) in [4.78, 5) is 26.1. The molecule has 12 nitrogen and oxygen atoms in total. The van der Waals surface area contributed by atoms with Gasteiger partial charge in [-0.1, -0.05) is 5.11 Å². The molecule has 0 radical (unpaired) electrons. The van der Waals surface area contributed by atoms with Crippen molar-refractivity contribution < 1.29 is 33.3 Å². The van der Waals surface area contributed by atoms with Gasteiger partial charge in [0.2, 0.25) is 5.91 Å². The number of nitrogens with two attached hydrogens (primary N) is 1. The van der Waals surface area contributed by atoms with E-state index in [9.17, 15) is 9.59 Å². The number of hydrogen-bond acceptors (Lipinski definition) is 9. The van der Waals surface area contributed by atoms with E-state index in [0.717, 1.165) is 0 Å². The van der Waals surface area contributed by atoms with E-state index in [2.05, 4.69) is 15.3 Å². The van der Waals surface area contributed by atoms with Gasteiger partial charge in [-0.15, -0.1) is 0 Å². The topological polar surface area (TPSA) is 167 Å². The summed E-state index contributed by atoms with van der Waals surface area (Å²) >= 11 is 0. The number of nitrogens with one attached hydrogen (secondary N) is 1. The lowest BCUT2D eigenvalue weighted by Gasteiger charge is -2.22. The summed E-state index contributed by atoms with van der Waals surface area (Å²) in [6.07, 6.45) is 0.363. The highest BCUT2D eigenvalue weighted by Crippen LogP contribution is 2.09. The van der Waals surface area contributed by atoms with E-state index in [0.29, 0.717) is 65.9 Å². The minimum absolute atomic E-state index is 0.141. The minimum atomic E-state index is -0.820. The smallest absolute Gasteiger partial charge is 0.323 e. The largest absolute Gasteiger partial charge is 0.459 e. The molecular weight excluding hydrogens is 410 g/mol. The molecule has 31 heavy (non-hydrogen) atoms. The number of carbonyl (C=O) groups is 2. The van der Waals surface area contributed by atoms with Crippen molar-refractivity contribution >= 4 is 11.9 Å². The van der Waals surface area contributed by atoms with E-state index >= 15 is 0 Å². The Morgan fingerprint density at radius 2 is 1.48 bits per heavy atom. The zero-order chi connectivity index (χ0) is 23.4. The molecule has 0 saturated carbocycles. The van der Waals surface area contributed by atoms with E-state index < -0.39 is 17.6 Å². The van der Waals surface area contributed by atoms with E-state index in [1.807, 2.05) is 0 Å². The molecule has 0 aliphatic rings. The van der Waals surface area contributed by atoms with Crippen LogP contribution in [0, 0.1) is 0 Å². The van der Waals surface area contributed by atoms with Crippen LogP contribution in [0.4, 0.5) is 0 Å². The maximum atomic E-state index is 11.8. The van der Waals surface area contributed by atoms with Gasteiger partial charge in [0.1, 0.15) is 11.6 Å². The van der Waals surface area contributed by atoms with Crippen molar-refractivity contribution in [2.24, 2.45) is 10.8 Å². The standard InChI is InChI=1S/C19H37N5O7/c1-19(2,3)31-18(26)16(20)4-5-17(25)22-6-8-27-10-12-29-14-15-30-13-11-28-9-7-23-24-21/h16H,4-15,20H2,1-3H3,(H,22,25)/t16-/m1/s1. The maximum Gasteiger partial charge on any atom is 0.323 e. The average molecular weight is 448 g/mol.